The first-order valence-electron chi connectivity index (χ1n) is 5.73. The molecule has 0 bridgehead atoms. The summed E-state index contributed by atoms with van der Waals surface area (Å²) < 4.78 is 0. The van der Waals surface area contributed by atoms with E-state index in [4.69, 9.17) is 5.11 Å². The number of carboxylic acids is 1. The van der Waals surface area contributed by atoms with Gasteiger partial charge in [0.2, 0.25) is 0 Å². The van der Waals surface area contributed by atoms with Gasteiger partial charge in [-0.3, -0.25) is 4.79 Å². The Balaban J connectivity index is 2.26. The van der Waals surface area contributed by atoms with E-state index in [9.17, 15) is 24.6 Å². The summed E-state index contributed by atoms with van der Waals surface area (Å²) in [6, 6.07) is 1.67. The number of imide groups is 1. The van der Waals surface area contributed by atoms with Crippen molar-refractivity contribution in [1.82, 2.24) is 10.2 Å². The predicted octanol–water partition coefficient (Wildman–Crippen LogP) is -0.355. The van der Waals surface area contributed by atoms with E-state index in [1.807, 2.05) is 0 Å². The molecule has 1 aromatic rings. The van der Waals surface area contributed by atoms with Gasteiger partial charge in [-0.1, -0.05) is 6.07 Å². The van der Waals surface area contributed by atoms with Crippen LogP contribution in [0.3, 0.4) is 0 Å². The maximum Gasteiger partial charge on any atom is 0.327 e. The van der Waals surface area contributed by atoms with Crippen LogP contribution < -0.4 is 5.32 Å². The Hall–Kier alpha value is -2.77. The van der Waals surface area contributed by atoms with Crippen LogP contribution in [0.4, 0.5) is 4.79 Å². The topological polar surface area (TPSA) is 127 Å². The lowest BCUT2D eigenvalue weighted by Gasteiger charge is -2.21. The number of nitrogens with zero attached hydrogens (tertiary/aromatic N) is 1. The van der Waals surface area contributed by atoms with Crippen molar-refractivity contribution in [2.24, 2.45) is 0 Å². The molecule has 2 rings (SSSR count). The standard InChI is InChI=1S/C12H12N2O6/c15-8-2-1-6(4-9(8)16)3-7(11(18)19)14-10(17)5-13-12(14)20/h1-2,4,7,15-16H,3,5H2,(H,13,20)(H,18,19). The summed E-state index contributed by atoms with van der Waals surface area (Å²) in [6.45, 7) is -0.233. The van der Waals surface area contributed by atoms with Crippen molar-refractivity contribution in [3.05, 3.63) is 23.8 Å². The van der Waals surface area contributed by atoms with E-state index in [1.165, 1.54) is 18.2 Å². The first-order valence-corrected chi connectivity index (χ1v) is 5.73. The molecule has 0 spiro atoms. The Morgan fingerprint density at radius 1 is 1.30 bits per heavy atom. The Labute approximate surface area is 113 Å². The normalized spacial score (nSPS) is 16.1. The maximum absolute atomic E-state index is 11.5. The molecule has 1 saturated heterocycles. The smallest absolute Gasteiger partial charge is 0.327 e. The first kappa shape index (κ1) is 13.7. The molecule has 0 aliphatic carbocycles. The third-order valence-electron chi connectivity index (χ3n) is 2.94. The van der Waals surface area contributed by atoms with Gasteiger partial charge in [-0.15, -0.1) is 0 Å². The lowest BCUT2D eigenvalue weighted by Crippen LogP contribution is -2.46. The zero-order valence-corrected chi connectivity index (χ0v) is 10.2. The molecular formula is C12H12N2O6. The number of nitrogens with one attached hydrogen (secondary N) is 1. The summed E-state index contributed by atoms with van der Waals surface area (Å²) in [4.78, 5) is 34.9. The van der Waals surface area contributed by atoms with Gasteiger partial charge in [-0.05, 0) is 17.7 Å². The zero-order chi connectivity index (χ0) is 14.9. The lowest BCUT2D eigenvalue weighted by molar-refractivity contribution is -0.146. The predicted molar refractivity (Wildman–Crippen MR) is 65.1 cm³/mol. The molecule has 1 fully saturated rings. The number of aromatic hydroxyl groups is 2. The number of phenolic OH excluding ortho intramolecular Hbond substituents is 2. The van der Waals surface area contributed by atoms with Gasteiger partial charge in [0.05, 0.1) is 6.54 Å². The van der Waals surface area contributed by atoms with Gasteiger partial charge in [0.25, 0.3) is 5.91 Å². The minimum atomic E-state index is -1.37. The largest absolute Gasteiger partial charge is 0.504 e. The van der Waals surface area contributed by atoms with Crippen LogP contribution in [-0.2, 0) is 16.0 Å². The molecule has 0 radical (unpaired) electrons. The third-order valence-corrected chi connectivity index (χ3v) is 2.94. The van der Waals surface area contributed by atoms with Crippen molar-refractivity contribution in [1.29, 1.82) is 0 Å². The van der Waals surface area contributed by atoms with Gasteiger partial charge < -0.3 is 20.6 Å². The van der Waals surface area contributed by atoms with Crippen LogP contribution in [0.2, 0.25) is 0 Å². The molecule has 1 unspecified atom stereocenters. The molecule has 1 atom stereocenters. The van der Waals surface area contributed by atoms with Gasteiger partial charge in [0, 0.05) is 6.42 Å². The fraction of sp³-hybridized carbons (Fsp3) is 0.250. The molecule has 1 aliphatic rings. The van der Waals surface area contributed by atoms with E-state index in [-0.39, 0.29) is 18.7 Å². The number of aliphatic carboxylic acids is 1. The Kier molecular flexibility index (Phi) is 3.47. The number of benzene rings is 1. The summed E-state index contributed by atoms with van der Waals surface area (Å²) in [5, 5.41) is 30.0. The molecule has 1 heterocycles. The van der Waals surface area contributed by atoms with Gasteiger partial charge >= 0.3 is 12.0 Å². The second kappa shape index (κ2) is 5.08. The number of carboxylic acid groups (broad SMARTS) is 1. The van der Waals surface area contributed by atoms with Crippen molar-refractivity contribution >= 4 is 17.9 Å². The summed E-state index contributed by atoms with van der Waals surface area (Å²) >= 11 is 0. The zero-order valence-electron chi connectivity index (χ0n) is 10.2. The van der Waals surface area contributed by atoms with E-state index >= 15 is 0 Å². The minimum absolute atomic E-state index is 0.164. The number of carbonyl (C=O) groups is 3. The van der Waals surface area contributed by atoms with Crippen molar-refractivity contribution in [2.45, 2.75) is 12.5 Å². The SMILES string of the molecule is O=C(O)C(Cc1ccc(O)c(O)c1)N1C(=O)CNC1=O. The number of amides is 3. The van der Waals surface area contributed by atoms with Crippen LogP contribution in [0, 0.1) is 0 Å². The molecular weight excluding hydrogens is 268 g/mol. The number of carbonyl (C=O) groups excluding carboxylic acids is 2. The van der Waals surface area contributed by atoms with Crippen molar-refractivity contribution < 1.29 is 29.7 Å². The maximum atomic E-state index is 11.5. The average molecular weight is 280 g/mol. The molecule has 8 heteroatoms. The first-order chi connectivity index (χ1) is 9.40. The number of rotatable bonds is 4. The highest BCUT2D eigenvalue weighted by molar-refractivity contribution is 6.04. The van der Waals surface area contributed by atoms with Gasteiger partial charge in [-0.25, -0.2) is 14.5 Å². The number of phenols is 2. The third kappa shape index (κ3) is 2.48. The molecule has 3 amide bonds. The molecule has 1 aromatic carbocycles. The fourth-order valence-corrected chi connectivity index (χ4v) is 1.96. The summed E-state index contributed by atoms with van der Waals surface area (Å²) in [6.07, 6.45) is -0.164. The highest BCUT2D eigenvalue weighted by Crippen LogP contribution is 2.26. The van der Waals surface area contributed by atoms with Crippen LogP contribution in [0.25, 0.3) is 0 Å². The van der Waals surface area contributed by atoms with Crippen LogP contribution in [0.1, 0.15) is 5.56 Å². The van der Waals surface area contributed by atoms with Crippen molar-refractivity contribution in [2.75, 3.05) is 6.54 Å². The fourth-order valence-electron chi connectivity index (χ4n) is 1.96. The second-order valence-electron chi connectivity index (χ2n) is 4.30. The van der Waals surface area contributed by atoms with Crippen molar-refractivity contribution in [3.63, 3.8) is 0 Å². The number of urea groups is 1. The van der Waals surface area contributed by atoms with E-state index < -0.39 is 29.7 Å². The Morgan fingerprint density at radius 3 is 2.50 bits per heavy atom. The summed E-state index contributed by atoms with van der Waals surface area (Å²) in [5.41, 5.74) is 0.375. The van der Waals surface area contributed by atoms with E-state index in [0.29, 0.717) is 10.5 Å². The highest BCUT2D eigenvalue weighted by atomic mass is 16.4. The van der Waals surface area contributed by atoms with E-state index in [0.717, 1.165) is 0 Å². The van der Waals surface area contributed by atoms with Gasteiger partial charge in [0.15, 0.2) is 11.5 Å². The summed E-state index contributed by atoms with van der Waals surface area (Å²) in [7, 11) is 0. The molecule has 4 N–H and O–H groups in total. The average Bonchev–Trinajstić information content (AvgIpc) is 2.70. The number of hydrogen-bond acceptors (Lipinski definition) is 5. The van der Waals surface area contributed by atoms with Crippen LogP contribution >= 0.6 is 0 Å². The van der Waals surface area contributed by atoms with E-state index in [2.05, 4.69) is 5.32 Å². The second-order valence-corrected chi connectivity index (χ2v) is 4.30. The number of hydrogen-bond donors (Lipinski definition) is 4. The van der Waals surface area contributed by atoms with Crippen LogP contribution in [-0.4, -0.2) is 50.7 Å². The quantitative estimate of drug-likeness (QED) is 0.441. The van der Waals surface area contributed by atoms with Crippen LogP contribution in [0.5, 0.6) is 11.5 Å². The molecule has 0 saturated carbocycles. The monoisotopic (exact) mass is 280 g/mol. The Morgan fingerprint density at radius 2 is 2.00 bits per heavy atom. The van der Waals surface area contributed by atoms with Crippen molar-refractivity contribution in [3.8, 4) is 11.5 Å². The van der Waals surface area contributed by atoms with Crippen LogP contribution in [0.15, 0.2) is 18.2 Å². The molecule has 8 nitrogen and oxygen atoms in total. The lowest BCUT2D eigenvalue weighted by atomic mass is 10.0. The summed E-state index contributed by atoms with van der Waals surface area (Å²) in [5.74, 6) is -2.69. The van der Waals surface area contributed by atoms with E-state index in [1.54, 1.807) is 0 Å². The molecule has 1 aliphatic heterocycles. The van der Waals surface area contributed by atoms with Gasteiger partial charge in [0.1, 0.15) is 6.04 Å². The Bertz CT molecular complexity index is 569. The minimum Gasteiger partial charge on any atom is -0.504 e. The molecule has 20 heavy (non-hydrogen) atoms. The van der Waals surface area contributed by atoms with Gasteiger partial charge in [-0.2, -0.15) is 0 Å². The highest BCUT2D eigenvalue weighted by Gasteiger charge is 2.38. The molecule has 106 valence electrons. The molecule has 0 aromatic heterocycles.